The summed E-state index contributed by atoms with van der Waals surface area (Å²) >= 11 is 0. The van der Waals surface area contributed by atoms with E-state index in [1.807, 2.05) is 6.92 Å². The van der Waals surface area contributed by atoms with Crippen LogP contribution in [-0.2, 0) is 14.3 Å². The summed E-state index contributed by atoms with van der Waals surface area (Å²) in [6.45, 7) is 6.82. The van der Waals surface area contributed by atoms with Gasteiger partial charge in [-0.2, -0.15) is 0 Å². The van der Waals surface area contributed by atoms with Gasteiger partial charge in [0.15, 0.2) is 0 Å². The summed E-state index contributed by atoms with van der Waals surface area (Å²) in [4.78, 5) is 24.5. The van der Waals surface area contributed by atoms with Crippen LogP contribution in [-0.4, -0.2) is 18.4 Å². The van der Waals surface area contributed by atoms with Gasteiger partial charge in [0.1, 0.15) is 12.4 Å². The van der Waals surface area contributed by atoms with Crippen molar-refractivity contribution in [3.63, 3.8) is 0 Å². The zero-order valence-electron chi connectivity index (χ0n) is 22.8. The lowest BCUT2D eigenvalue weighted by molar-refractivity contribution is -0.146. The van der Waals surface area contributed by atoms with Crippen molar-refractivity contribution in [2.24, 2.45) is 5.92 Å². The number of Topliss-reactive ketones (excluding diaryl/α,β-unsaturated/α-hetero) is 1. The van der Waals surface area contributed by atoms with Crippen LogP contribution in [0.2, 0.25) is 0 Å². The van der Waals surface area contributed by atoms with Gasteiger partial charge in [0.2, 0.25) is 0 Å². The van der Waals surface area contributed by atoms with Crippen LogP contribution in [0.3, 0.4) is 0 Å². The predicted molar refractivity (Wildman–Crippen MR) is 143 cm³/mol. The molecule has 3 heteroatoms. The lowest BCUT2D eigenvalue weighted by Crippen LogP contribution is -2.21. The summed E-state index contributed by atoms with van der Waals surface area (Å²) in [5, 5.41) is 0. The number of carbonyl (C=O) groups excluding carboxylic acids is 2. The average molecular weight is 467 g/mol. The topological polar surface area (TPSA) is 43.4 Å². The molecule has 0 aliphatic carbocycles. The fourth-order valence-corrected chi connectivity index (χ4v) is 4.45. The van der Waals surface area contributed by atoms with Crippen molar-refractivity contribution < 1.29 is 14.3 Å². The highest BCUT2D eigenvalue weighted by Gasteiger charge is 2.18. The summed E-state index contributed by atoms with van der Waals surface area (Å²) in [5.74, 6) is 0.0449. The third-order valence-corrected chi connectivity index (χ3v) is 6.90. The zero-order chi connectivity index (χ0) is 24.4. The summed E-state index contributed by atoms with van der Waals surface area (Å²) in [7, 11) is 0. The van der Waals surface area contributed by atoms with Gasteiger partial charge in [-0.05, 0) is 19.3 Å². The van der Waals surface area contributed by atoms with E-state index in [4.69, 9.17) is 4.74 Å². The van der Waals surface area contributed by atoms with Crippen molar-refractivity contribution >= 4 is 11.8 Å². The first-order valence-corrected chi connectivity index (χ1v) is 14.8. The fourth-order valence-electron chi connectivity index (χ4n) is 4.45. The molecule has 0 aromatic heterocycles. The SMILES string of the molecule is CCCCCCCCCCCCCC(=O)OCC(CC)C(=O)CCCCCCCCCCC. The molecule has 1 atom stereocenters. The largest absolute Gasteiger partial charge is 0.465 e. The quantitative estimate of drug-likeness (QED) is 0.0940. The monoisotopic (exact) mass is 466 g/mol. The standard InChI is InChI=1S/C30H58O3/c1-4-7-9-11-13-15-16-18-20-22-24-26-30(32)33-27-28(6-3)29(31)25-23-21-19-17-14-12-10-8-5-2/h28H,4-27H2,1-3H3. The molecule has 0 aliphatic heterocycles. The van der Waals surface area contributed by atoms with E-state index in [0.29, 0.717) is 12.8 Å². The number of ether oxygens (including phenoxy) is 1. The minimum atomic E-state index is -0.125. The highest BCUT2D eigenvalue weighted by molar-refractivity contribution is 5.81. The Morgan fingerprint density at radius 3 is 1.27 bits per heavy atom. The molecule has 0 radical (unpaired) electrons. The number of hydrogen-bond donors (Lipinski definition) is 0. The van der Waals surface area contributed by atoms with Gasteiger partial charge in [-0.15, -0.1) is 0 Å². The summed E-state index contributed by atoms with van der Waals surface area (Å²) in [5.41, 5.74) is 0. The first-order valence-electron chi connectivity index (χ1n) is 14.8. The second kappa shape index (κ2) is 25.8. The molecule has 0 spiro atoms. The molecular formula is C30H58O3. The van der Waals surface area contributed by atoms with Gasteiger partial charge in [-0.3, -0.25) is 9.59 Å². The molecule has 0 aromatic carbocycles. The molecule has 0 fully saturated rings. The van der Waals surface area contributed by atoms with Gasteiger partial charge in [-0.1, -0.05) is 136 Å². The van der Waals surface area contributed by atoms with E-state index in [0.717, 1.165) is 32.1 Å². The van der Waals surface area contributed by atoms with E-state index in [-0.39, 0.29) is 24.3 Å². The van der Waals surface area contributed by atoms with Crippen LogP contribution in [0.25, 0.3) is 0 Å². The molecule has 33 heavy (non-hydrogen) atoms. The van der Waals surface area contributed by atoms with Crippen molar-refractivity contribution in [2.75, 3.05) is 6.61 Å². The van der Waals surface area contributed by atoms with Gasteiger partial charge < -0.3 is 4.74 Å². The molecule has 196 valence electrons. The van der Waals surface area contributed by atoms with Gasteiger partial charge >= 0.3 is 5.97 Å². The van der Waals surface area contributed by atoms with Crippen molar-refractivity contribution in [1.82, 2.24) is 0 Å². The number of hydrogen-bond acceptors (Lipinski definition) is 3. The van der Waals surface area contributed by atoms with Crippen LogP contribution in [0.1, 0.15) is 168 Å². The Kier molecular flexibility index (Phi) is 25.1. The summed E-state index contributed by atoms with van der Waals surface area (Å²) < 4.78 is 5.44. The molecule has 0 saturated heterocycles. The van der Waals surface area contributed by atoms with Crippen LogP contribution in [0.4, 0.5) is 0 Å². The lowest BCUT2D eigenvalue weighted by Gasteiger charge is -2.14. The maximum atomic E-state index is 12.5. The molecule has 0 N–H and O–H groups in total. The molecule has 3 nitrogen and oxygen atoms in total. The van der Waals surface area contributed by atoms with E-state index in [1.165, 1.54) is 103 Å². The van der Waals surface area contributed by atoms with Gasteiger partial charge in [0.05, 0.1) is 5.92 Å². The van der Waals surface area contributed by atoms with Crippen LogP contribution >= 0.6 is 0 Å². The molecule has 0 rings (SSSR count). The number of rotatable bonds is 26. The number of carbonyl (C=O) groups is 2. The smallest absolute Gasteiger partial charge is 0.305 e. The Morgan fingerprint density at radius 1 is 0.515 bits per heavy atom. The van der Waals surface area contributed by atoms with Crippen molar-refractivity contribution in [1.29, 1.82) is 0 Å². The Bertz CT molecular complexity index is 432. The Balaban J connectivity index is 3.60. The second-order valence-electron chi connectivity index (χ2n) is 10.1. The van der Waals surface area contributed by atoms with Gasteiger partial charge in [-0.25, -0.2) is 0 Å². The molecule has 0 aromatic rings. The number of esters is 1. The maximum absolute atomic E-state index is 12.5. The third kappa shape index (κ3) is 22.7. The third-order valence-electron chi connectivity index (χ3n) is 6.90. The van der Waals surface area contributed by atoms with Gasteiger partial charge in [0.25, 0.3) is 0 Å². The number of unbranched alkanes of at least 4 members (excludes halogenated alkanes) is 18. The molecular weight excluding hydrogens is 408 g/mol. The van der Waals surface area contributed by atoms with E-state index < -0.39 is 0 Å². The Hall–Kier alpha value is -0.860. The second-order valence-corrected chi connectivity index (χ2v) is 10.1. The molecule has 0 aliphatic rings. The van der Waals surface area contributed by atoms with E-state index in [2.05, 4.69) is 13.8 Å². The fraction of sp³-hybridized carbons (Fsp3) is 0.933. The van der Waals surface area contributed by atoms with E-state index in [9.17, 15) is 9.59 Å². The van der Waals surface area contributed by atoms with Crippen LogP contribution in [0.15, 0.2) is 0 Å². The summed E-state index contributed by atoms with van der Waals surface area (Å²) in [6.07, 6.45) is 27.4. The number of ketones is 1. The highest BCUT2D eigenvalue weighted by Crippen LogP contribution is 2.15. The van der Waals surface area contributed by atoms with E-state index >= 15 is 0 Å². The van der Waals surface area contributed by atoms with Crippen molar-refractivity contribution in [3.8, 4) is 0 Å². The van der Waals surface area contributed by atoms with Crippen LogP contribution in [0.5, 0.6) is 0 Å². The molecule has 0 bridgehead atoms. The molecule has 0 saturated carbocycles. The minimum absolute atomic E-state index is 0.111. The van der Waals surface area contributed by atoms with Crippen LogP contribution < -0.4 is 0 Å². The first kappa shape index (κ1) is 32.1. The maximum Gasteiger partial charge on any atom is 0.305 e. The van der Waals surface area contributed by atoms with Crippen molar-refractivity contribution in [2.45, 2.75) is 168 Å². The first-order chi connectivity index (χ1) is 16.2. The minimum Gasteiger partial charge on any atom is -0.465 e. The molecule has 0 heterocycles. The lowest BCUT2D eigenvalue weighted by atomic mass is 9.97. The highest BCUT2D eigenvalue weighted by atomic mass is 16.5. The Labute approximate surface area is 207 Å². The molecule has 1 unspecified atom stereocenters. The normalized spacial score (nSPS) is 12.1. The average Bonchev–Trinajstić information content (AvgIpc) is 2.81. The molecule has 0 amide bonds. The van der Waals surface area contributed by atoms with Crippen molar-refractivity contribution in [3.05, 3.63) is 0 Å². The van der Waals surface area contributed by atoms with Gasteiger partial charge in [0, 0.05) is 12.8 Å². The van der Waals surface area contributed by atoms with Crippen LogP contribution in [0, 0.1) is 5.92 Å². The predicted octanol–water partition coefficient (Wildman–Crippen LogP) is 9.75. The summed E-state index contributed by atoms with van der Waals surface area (Å²) in [6, 6.07) is 0. The Morgan fingerprint density at radius 2 is 0.879 bits per heavy atom. The van der Waals surface area contributed by atoms with E-state index in [1.54, 1.807) is 0 Å². The zero-order valence-corrected chi connectivity index (χ0v) is 22.8.